The van der Waals surface area contributed by atoms with Crippen molar-refractivity contribution in [2.24, 2.45) is 22.2 Å². The molecule has 4 bridgehead atoms. The summed E-state index contributed by atoms with van der Waals surface area (Å²) in [5.41, 5.74) is -2.30. The van der Waals surface area contributed by atoms with E-state index in [1.807, 2.05) is 0 Å². The van der Waals surface area contributed by atoms with Gasteiger partial charge in [-0.15, -0.1) is 0 Å². The van der Waals surface area contributed by atoms with Gasteiger partial charge in [0.05, 0.1) is 37.6 Å². The molecule has 0 aromatic rings. The van der Waals surface area contributed by atoms with Crippen LogP contribution in [0.1, 0.15) is 38.5 Å². The van der Waals surface area contributed by atoms with E-state index in [0.29, 0.717) is 38.5 Å². The van der Waals surface area contributed by atoms with E-state index in [1.165, 1.54) is 21.3 Å². The molecular formula is C16H22O6. The highest BCUT2D eigenvalue weighted by Crippen LogP contribution is 2.70. The molecule has 0 spiro atoms. The summed E-state index contributed by atoms with van der Waals surface area (Å²) in [5, 5.41) is 0. The fourth-order valence-electron chi connectivity index (χ4n) is 5.77. The van der Waals surface area contributed by atoms with E-state index < -0.39 is 16.2 Å². The molecule has 0 radical (unpaired) electrons. The Hall–Kier alpha value is -1.59. The summed E-state index contributed by atoms with van der Waals surface area (Å²) >= 11 is 0. The molecule has 122 valence electrons. The van der Waals surface area contributed by atoms with Crippen molar-refractivity contribution < 1.29 is 28.6 Å². The maximum Gasteiger partial charge on any atom is 0.311 e. The van der Waals surface area contributed by atoms with Crippen molar-refractivity contribution in [2.75, 3.05) is 21.3 Å². The molecule has 0 aromatic carbocycles. The third-order valence-corrected chi connectivity index (χ3v) is 5.92. The van der Waals surface area contributed by atoms with Crippen molar-refractivity contribution in [2.45, 2.75) is 38.5 Å². The summed E-state index contributed by atoms with van der Waals surface area (Å²) in [5.74, 6) is -0.817. The summed E-state index contributed by atoms with van der Waals surface area (Å²) in [4.78, 5) is 37.3. The van der Waals surface area contributed by atoms with Crippen LogP contribution in [0.5, 0.6) is 0 Å². The molecule has 0 heterocycles. The molecule has 0 aromatic heterocycles. The minimum absolute atomic E-state index is 0.147. The minimum atomic E-state index is -0.767. The van der Waals surface area contributed by atoms with Gasteiger partial charge in [0.25, 0.3) is 0 Å². The Balaban J connectivity index is 2.09. The van der Waals surface area contributed by atoms with Crippen molar-refractivity contribution in [1.29, 1.82) is 0 Å². The average molecular weight is 310 g/mol. The molecular weight excluding hydrogens is 288 g/mol. The van der Waals surface area contributed by atoms with Gasteiger partial charge in [-0.3, -0.25) is 14.4 Å². The predicted molar refractivity (Wildman–Crippen MR) is 74.5 cm³/mol. The molecule has 22 heavy (non-hydrogen) atoms. The number of carbonyl (C=O) groups excluding carboxylic acids is 3. The highest BCUT2D eigenvalue weighted by atomic mass is 16.5. The van der Waals surface area contributed by atoms with E-state index in [4.69, 9.17) is 14.2 Å². The first-order valence-corrected chi connectivity index (χ1v) is 7.61. The van der Waals surface area contributed by atoms with Crippen LogP contribution in [0.2, 0.25) is 0 Å². The van der Waals surface area contributed by atoms with Crippen LogP contribution < -0.4 is 0 Å². The third-order valence-electron chi connectivity index (χ3n) is 5.92. The third kappa shape index (κ3) is 1.82. The van der Waals surface area contributed by atoms with Crippen LogP contribution in [0.4, 0.5) is 0 Å². The Morgan fingerprint density at radius 2 is 0.955 bits per heavy atom. The van der Waals surface area contributed by atoms with Gasteiger partial charge in [0, 0.05) is 0 Å². The van der Waals surface area contributed by atoms with Crippen LogP contribution >= 0.6 is 0 Å². The number of hydrogen-bond acceptors (Lipinski definition) is 6. The van der Waals surface area contributed by atoms with Crippen LogP contribution in [-0.4, -0.2) is 39.2 Å². The first-order valence-electron chi connectivity index (χ1n) is 7.61. The number of esters is 3. The van der Waals surface area contributed by atoms with Crippen LogP contribution in [0.25, 0.3) is 0 Å². The Bertz CT molecular complexity index is 455. The molecule has 0 amide bonds. The molecule has 6 nitrogen and oxygen atoms in total. The molecule has 0 N–H and O–H groups in total. The Kier molecular flexibility index (Phi) is 3.27. The van der Waals surface area contributed by atoms with Gasteiger partial charge in [-0.1, -0.05) is 0 Å². The van der Waals surface area contributed by atoms with Crippen LogP contribution in [-0.2, 0) is 28.6 Å². The summed E-state index contributed by atoms with van der Waals surface area (Å²) in [6, 6.07) is 0. The standard InChI is InChI=1S/C16H22O6/c1-20-11(17)14-4-10-5-15(7-14,12(18)21-2)9-16(6-10,8-14)13(19)22-3/h10H,4-9H2,1-3H3. The van der Waals surface area contributed by atoms with E-state index in [1.54, 1.807) is 0 Å². The van der Waals surface area contributed by atoms with Gasteiger partial charge in [-0.2, -0.15) is 0 Å². The van der Waals surface area contributed by atoms with Gasteiger partial charge in [0.1, 0.15) is 0 Å². The molecule has 4 saturated carbocycles. The molecule has 4 aliphatic carbocycles. The number of carbonyl (C=O) groups is 3. The Labute approximate surface area is 129 Å². The largest absolute Gasteiger partial charge is 0.469 e. The van der Waals surface area contributed by atoms with E-state index in [-0.39, 0.29) is 23.8 Å². The van der Waals surface area contributed by atoms with Crippen LogP contribution in [0.3, 0.4) is 0 Å². The lowest BCUT2D eigenvalue weighted by Crippen LogP contribution is -2.64. The van der Waals surface area contributed by atoms with Gasteiger partial charge in [0.2, 0.25) is 0 Å². The summed E-state index contributed by atoms with van der Waals surface area (Å²) in [6.45, 7) is 0. The quantitative estimate of drug-likeness (QED) is 0.580. The van der Waals surface area contributed by atoms with Crippen molar-refractivity contribution in [3.8, 4) is 0 Å². The smallest absolute Gasteiger partial charge is 0.311 e. The lowest BCUT2D eigenvalue weighted by molar-refractivity contribution is -0.212. The number of ether oxygens (including phenoxy) is 3. The van der Waals surface area contributed by atoms with Crippen molar-refractivity contribution in [3.63, 3.8) is 0 Å². The second-order valence-electron chi connectivity index (χ2n) is 7.32. The molecule has 0 saturated heterocycles. The SMILES string of the molecule is COC(=O)C12CC3CC(C(=O)OC)(C1)CC(C(=O)OC)(C3)C2. The molecule has 4 rings (SSSR count). The normalized spacial score (nSPS) is 41.9. The average Bonchev–Trinajstić information content (AvgIpc) is 2.50. The molecule has 0 unspecified atom stereocenters. The fourth-order valence-corrected chi connectivity index (χ4v) is 5.77. The topological polar surface area (TPSA) is 78.9 Å². The lowest BCUT2D eigenvalue weighted by Gasteiger charge is -2.62. The van der Waals surface area contributed by atoms with E-state index in [2.05, 4.69) is 0 Å². The summed E-state index contributed by atoms with van der Waals surface area (Å²) < 4.78 is 15.0. The minimum Gasteiger partial charge on any atom is -0.469 e. The molecule has 6 heteroatoms. The van der Waals surface area contributed by atoms with Crippen LogP contribution in [0.15, 0.2) is 0 Å². The Morgan fingerprint density at radius 3 is 1.18 bits per heavy atom. The van der Waals surface area contributed by atoms with Gasteiger partial charge in [-0.25, -0.2) is 0 Å². The molecule has 0 atom stereocenters. The maximum absolute atomic E-state index is 12.4. The highest BCUT2D eigenvalue weighted by Gasteiger charge is 2.71. The zero-order valence-electron chi connectivity index (χ0n) is 13.3. The first kappa shape index (κ1) is 15.3. The molecule has 4 aliphatic rings. The van der Waals surface area contributed by atoms with Crippen LogP contribution in [0, 0.1) is 22.2 Å². The van der Waals surface area contributed by atoms with E-state index in [9.17, 15) is 14.4 Å². The van der Waals surface area contributed by atoms with Crippen molar-refractivity contribution in [3.05, 3.63) is 0 Å². The van der Waals surface area contributed by atoms with Gasteiger partial charge >= 0.3 is 17.9 Å². The van der Waals surface area contributed by atoms with Gasteiger partial charge < -0.3 is 14.2 Å². The van der Waals surface area contributed by atoms with Gasteiger partial charge in [0.15, 0.2) is 0 Å². The van der Waals surface area contributed by atoms with Crippen molar-refractivity contribution in [1.82, 2.24) is 0 Å². The monoisotopic (exact) mass is 310 g/mol. The number of rotatable bonds is 3. The summed E-state index contributed by atoms with van der Waals surface area (Å²) in [7, 11) is 4.07. The zero-order chi connectivity index (χ0) is 16.2. The maximum atomic E-state index is 12.4. The van der Waals surface area contributed by atoms with E-state index >= 15 is 0 Å². The Morgan fingerprint density at radius 1 is 0.682 bits per heavy atom. The molecule has 4 fully saturated rings. The number of methoxy groups -OCH3 is 3. The number of hydrogen-bond donors (Lipinski definition) is 0. The second-order valence-corrected chi connectivity index (χ2v) is 7.32. The lowest BCUT2D eigenvalue weighted by atomic mass is 9.39. The summed E-state index contributed by atoms with van der Waals surface area (Å²) in [6.07, 6.45) is 3.27. The molecule has 0 aliphatic heterocycles. The first-order chi connectivity index (χ1) is 10.4. The second kappa shape index (κ2) is 4.70. The highest BCUT2D eigenvalue weighted by molar-refractivity contribution is 5.87. The fraction of sp³-hybridized carbons (Fsp3) is 0.812. The van der Waals surface area contributed by atoms with Gasteiger partial charge in [-0.05, 0) is 44.4 Å². The van der Waals surface area contributed by atoms with Crippen molar-refractivity contribution >= 4 is 17.9 Å². The predicted octanol–water partition coefficient (Wildman–Crippen LogP) is 1.46. The van der Waals surface area contributed by atoms with E-state index in [0.717, 1.165) is 0 Å². The zero-order valence-corrected chi connectivity index (χ0v) is 13.3.